The highest BCUT2D eigenvalue weighted by molar-refractivity contribution is 5.69. The first-order valence-electron chi connectivity index (χ1n) is 8.52. The Morgan fingerprint density at radius 3 is 2.45 bits per heavy atom. The van der Waals surface area contributed by atoms with Gasteiger partial charge in [0.05, 0.1) is 5.54 Å². The van der Waals surface area contributed by atoms with Crippen LogP contribution in [-0.4, -0.2) is 36.7 Å². The molecule has 3 aliphatic heterocycles. The third-order valence-electron chi connectivity index (χ3n) is 5.73. The number of hydrogen-bond donors (Lipinski definition) is 1. The topological polar surface area (TPSA) is 41.6 Å². The zero-order valence-electron chi connectivity index (χ0n) is 13.0. The minimum atomic E-state index is -0.234. The highest BCUT2D eigenvalue weighted by Gasteiger charge is 2.42. The van der Waals surface area contributed by atoms with Crippen LogP contribution in [-0.2, 0) is 10.3 Å². The summed E-state index contributed by atoms with van der Waals surface area (Å²) in [5.74, 6) is 0.560. The van der Waals surface area contributed by atoms with Gasteiger partial charge in [0.15, 0.2) is 0 Å². The Kier molecular flexibility index (Phi) is 3.57. The number of ether oxygens (including phenoxy) is 1. The van der Waals surface area contributed by atoms with Crippen molar-refractivity contribution in [1.29, 1.82) is 0 Å². The summed E-state index contributed by atoms with van der Waals surface area (Å²) in [6.45, 7) is 3.25. The molecule has 2 bridgehead atoms. The van der Waals surface area contributed by atoms with Gasteiger partial charge in [-0.05, 0) is 56.7 Å². The first-order valence-corrected chi connectivity index (χ1v) is 8.52. The lowest BCUT2D eigenvalue weighted by molar-refractivity contribution is -0.0372. The van der Waals surface area contributed by atoms with Crippen molar-refractivity contribution in [1.82, 2.24) is 10.2 Å². The minimum Gasteiger partial charge on any atom is -0.445 e. The molecule has 0 aromatic heterocycles. The number of nitrogens with zero attached hydrogens (tertiary/aromatic N) is 1. The highest BCUT2D eigenvalue weighted by atomic mass is 16.6. The molecule has 4 heteroatoms. The van der Waals surface area contributed by atoms with E-state index in [0.717, 1.165) is 25.8 Å². The highest BCUT2D eigenvalue weighted by Crippen LogP contribution is 2.41. The molecule has 0 radical (unpaired) electrons. The lowest BCUT2D eigenvalue weighted by Gasteiger charge is -2.46. The summed E-state index contributed by atoms with van der Waals surface area (Å²) in [4.78, 5) is 14.8. The van der Waals surface area contributed by atoms with Crippen LogP contribution in [0.5, 0.6) is 0 Å². The van der Waals surface area contributed by atoms with E-state index in [2.05, 4.69) is 22.3 Å². The Morgan fingerprint density at radius 1 is 1.18 bits per heavy atom. The zero-order valence-corrected chi connectivity index (χ0v) is 13.0. The second-order valence-electron chi connectivity index (χ2n) is 7.01. The fourth-order valence-electron chi connectivity index (χ4n) is 4.18. The molecule has 3 saturated heterocycles. The monoisotopic (exact) mass is 300 g/mol. The Morgan fingerprint density at radius 2 is 1.91 bits per heavy atom. The smallest absolute Gasteiger partial charge is 0.408 e. The van der Waals surface area contributed by atoms with Gasteiger partial charge >= 0.3 is 6.09 Å². The molecule has 1 unspecified atom stereocenters. The molecule has 1 aromatic rings. The fraction of sp³-hybridized carbons (Fsp3) is 0.611. The number of hydrogen-bond acceptors (Lipinski definition) is 3. The number of carbonyl (C=O) groups is 1. The Hall–Kier alpha value is -1.55. The van der Waals surface area contributed by atoms with Gasteiger partial charge in [-0.15, -0.1) is 0 Å². The standard InChI is InChI=1S/C18H24N2O2/c21-17(22-16-13-20-11-7-14(16)8-12-20)19-18(9-4-10-18)15-5-2-1-3-6-15/h1-3,5-6,14,16H,4,7-13H2,(H,19,21). The summed E-state index contributed by atoms with van der Waals surface area (Å²) in [6, 6.07) is 10.3. The van der Waals surface area contributed by atoms with Crippen LogP contribution in [0.4, 0.5) is 4.79 Å². The number of fused-ring (bicyclic) bond motifs is 3. The molecule has 1 aliphatic carbocycles. The van der Waals surface area contributed by atoms with Crippen LogP contribution in [0.1, 0.15) is 37.7 Å². The second-order valence-corrected chi connectivity index (χ2v) is 7.01. The van der Waals surface area contributed by atoms with Gasteiger partial charge < -0.3 is 10.1 Å². The largest absolute Gasteiger partial charge is 0.445 e. The number of rotatable bonds is 3. The van der Waals surface area contributed by atoms with E-state index >= 15 is 0 Å². The van der Waals surface area contributed by atoms with Crippen molar-refractivity contribution in [2.75, 3.05) is 19.6 Å². The van der Waals surface area contributed by atoms with Gasteiger partial charge in [0.2, 0.25) is 0 Å². The van der Waals surface area contributed by atoms with Crippen molar-refractivity contribution < 1.29 is 9.53 Å². The summed E-state index contributed by atoms with van der Waals surface area (Å²) in [7, 11) is 0. The van der Waals surface area contributed by atoms with Crippen molar-refractivity contribution in [3.05, 3.63) is 35.9 Å². The number of piperidine rings is 3. The van der Waals surface area contributed by atoms with Gasteiger partial charge in [0.1, 0.15) is 6.10 Å². The third-order valence-corrected chi connectivity index (χ3v) is 5.73. The molecule has 22 heavy (non-hydrogen) atoms. The van der Waals surface area contributed by atoms with Gasteiger partial charge in [-0.3, -0.25) is 4.90 Å². The summed E-state index contributed by atoms with van der Waals surface area (Å²) in [5.41, 5.74) is 0.999. The maximum absolute atomic E-state index is 12.4. The Bertz CT molecular complexity index is 533. The van der Waals surface area contributed by atoms with Gasteiger partial charge in [-0.25, -0.2) is 4.79 Å². The molecule has 1 amide bonds. The summed E-state index contributed by atoms with van der Waals surface area (Å²) >= 11 is 0. The van der Waals surface area contributed by atoms with Gasteiger partial charge in [-0.1, -0.05) is 30.3 Å². The van der Waals surface area contributed by atoms with Crippen molar-refractivity contribution in [3.8, 4) is 0 Å². The second kappa shape index (κ2) is 5.58. The molecular weight excluding hydrogens is 276 g/mol. The van der Waals surface area contributed by atoms with Crippen LogP contribution in [0.15, 0.2) is 30.3 Å². The predicted molar refractivity (Wildman–Crippen MR) is 84.5 cm³/mol. The molecule has 1 saturated carbocycles. The van der Waals surface area contributed by atoms with E-state index in [0.29, 0.717) is 5.92 Å². The van der Waals surface area contributed by atoms with Gasteiger partial charge in [0, 0.05) is 6.54 Å². The number of nitrogens with one attached hydrogen (secondary N) is 1. The lowest BCUT2D eigenvalue weighted by Crippen LogP contribution is -2.55. The van der Waals surface area contributed by atoms with Crippen LogP contribution < -0.4 is 5.32 Å². The molecule has 0 spiro atoms. The van der Waals surface area contributed by atoms with E-state index in [-0.39, 0.29) is 17.7 Å². The quantitative estimate of drug-likeness (QED) is 0.933. The molecule has 3 heterocycles. The van der Waals surface area contributed by atoms with Crippen molar-refractivity contribution >= 4 is 6.09 Å². The van der Waals surface area contributed by atoms with Crippen LogP contribution in [0.2, 0.25) is 0 Å². The summed E-state index contributed by atoms with van der Waals surface area (Å²) < 4.78 is 5.79. The van der Waals surface area contributed by atoms with Crippen molar-refractivity contribution in [2.24, 2.45) is 5.92 Å². The first-order chi connectivity index (χ1) is 10.8. The van der Waals surface area contributed by atoms with Crippen LogP contribution >= 0.6 is 0 Å². The predicted octanol–water partition coefficient (Wildman–Crippen LogP) is 2.89. The Labute approximate surface area is 131 Å². The summed E-state index contributed by atoms with van der Waals surface area (Å²) in [5, 5.41) is 3.17. The molecule has 4 aliphatic rings. The van der Waals surface area contributed by atoms with Crippen LogP contribution in [0.25, 0.3) is 0 Å². The van der Waals surface area contributed by atoms with Crippen LogP contribution in [0, 0.1) is 5.92 Å². The van der Waals surface area contributed by atoms with E-state index in [9.17, 15) is 4.79 Å². The lowest BCUT2D eigenvalue weighted by atomic mass is 9.72. The van der Waals surface area contributed by atoms with E-state index in [1.54, 1.807) is 0 Å². The third kappa shape index (κ3) is 2.50. The van der Waals surface area contributed by atoms with Crippen molar-refractivity contribution in [3.63, 3.8) is 0 Å². The van der Waals surface area contributed by atoms with E-state index in [1.165, 1.54) is 31.5 Å². The molecule has 4 nitrogen and oxygen atoms in total. The number of amides is 1. The molecule has 118 valence electrons. The Balaban J connectivity index is 1.41. The molecule has 1 atom stereocenters. The van der Waals surface area contributed by atoms with E-state index in [1.807, 2.05) is 18.2 Å². The zero-order chi connectivity index (χ0) is 15.0. The summed E-state index contributed by atoms with van der Waals surface area (Å²) in [6.07, 6.45) is 5.36. The molecule has 4 fully saturated rings. The average Bonchev–Trinajstić information content (AvgIpc) is 2.53. The number of alkyl carbamates (subject to hydrolysis) is 1. The normalized spacial score (nSPS) is 32.1. The number of carbonyl (C=O) groups excluding carboxylic acids is 1. The van der Waals surface area contributed by atoms with E-state index < -0.39 is 0 Å². The van der Waals surface area contributed by atoms with Crippen molar-refractivity contribution in [2.45, 2.75) is 43.7 Å². The number of benzene rings is 1. The van der Waals surface area contributed by atoms with Gasteiger partial charge in [0.25, 0.3) is 0 Å². The maximum Gasteiger partial charge on any atom is 0.408 e. The molecule has 5 rings (SSSR count). The minimum absolute atomic E-state index is 0.0791. The first kappa shape index (κ1) is 14.1. The molecule has 1 N–H and O–H groups in total. The van der Waals surface area contributed by atoms with E-state index in [4.69, 9.17) is 4.74 Å². The average molecular weight is 300 g/mol. The molecule has 1 aromatic carbocycles. The van der Waals surface area contributed by atoms with Crippen LogP contribution in [0.3, 0.4) is 0 Å². The SMILES string of the molecule is O=C(NC1(c2ccccc2)CCC1)OC1CN2CCC1CC2. The maximum atomic E-state index is 12.4. The van der Waals surface area contributed by atoms with Gasteiger partial charge in [-0.2, -0.15) is 0 Å². The molecular formula is C18H24N2O2. The fourth-order valence-corrected chi connectivity index (χ4v) is 4.18.